The van der Waals surface area contributed by atoms with E-state index in [-0.39, 0.29) is 17.8 Å². The maximum atomic E-state index is 10.2. The van der Waals surface area contributed by atoms with Crippen LogP contribution < -0.4 is 5.73 Å². The lowest BCUT2D eigenvalue weighted by Crippen LogP contribution is -2.36. The van der Waals surface area contributed by atoms with E-state index in [0.717, 1.165) is 11.8 Å². The SMILES string of the molecule is N[C@@H](CSCC[B-](O)(O)O)C(=O)O. The van der Waals surface area contributed by atoms with Crippen molar-refractivity contribution in [3.8, 4) is 0 Å². The number of hydrogen-bond acceptors (Lipinski definition) is 6. The van der Waals surface area contributed by atoms with Crippen molar-refractivity contribution in [1.29, 1.82) is 0 Å². The predicted octanol–water partition coefficient (Wildman–Crippen LogP) is -1.95. The van der Waals surface area contributed by atoms with Crippen LogP contribution in [0.3, 0.4) is 0 Å². The lowest BCUT2D eigenvalue weighted by Gasteiger charge is -2.19. The van der Waals surface area contributed by atoms with Gasteiger partial charge in [0.25, 0.3) is 0 Å². The first-order valence-electron chi connectivity index (χ1n) is 3.72. The topological polar surface area (TPSA) is 124 Å². The summed E-state index contributed by atoms with van der Waals surface area (Å²) in [7, 11) is 0. The maximum absolute atomic E-state index is 10.2. The number of carboxylic acids is 1. The Hall–Kier alpha value is -0.275. The molecular formula is C5H13BNO5S-. The first kappa shape index (κ1) is 12.7. The zero-order valence-corrected chi connectivity index (χ0v) is 7.78. The molecule has 6 N–H and O–H groups in total. The molecule has 0 aliphatic heterocycles. The van der Waals surface area contributed by atoms with Gasteiger partial charge < -0.3 is 25.9 Å². The second kappa shape index (κ2) is 5.45. The van der Waals surface area contributed by atoms with E-state index in [4.69, 9.17) is 25.9 Å². The minimum Gasteiger partial charge on any atom is -0.560 e. The van der Waals surface area contributed by atoms with Gasteiger partial charge in [0.15, 0.2) is 0 Å². The van der Waals surface area contributed by atoms with Gasteiger partial charge in [-0.3, -0.25) is 4.79 Å². The normalized spacial score (nSPS) is 14.2. The Morgan fingerprint density at radius 2 is 2.00 bits per heavy atom. The number of nitrogens with two attached hydrogens (primary N) is 1. The van der Waals surface area contributed by atoms with Crippen LogP contribution in [-0.4, -0.2) is 50.4 Å². The average molecular weight is 210 g/mol. The van der Waals surface area contributed by atoms with Gasteiger partial charge in [-0.1, -0.05) is 6.32 Å². The third-order valence-electron chi connectivity index (χ3n) is 1.26. The second-order valence-corrected chi connectivity index (χ2v) is 3.85. The van der Waals surface area contributed by atoms with Crippen LogP contribution in [0.25, 0.3) is 0 Å². The fourth-order valence-electron chi connectivity index (χ4n) is 0.523. The number of hydrogen-bond donors (Lipinski definition) is 5. The van der Waals surface area contributed by atoms with Gasteiger partial charge in [0.1, 0.15) is 6.04 Å². The molecule has 0 aliphatic carbocycles. The van der Waals surface area contributed by atoms with Gasteiger partial charge in [0, 0.05) is 5.75 Å². The molecule has 0 amide bonds. The Labute approximate surface area is 79.8 Å². The third-order valence-corrected chi connectivity index (χ3v) is 2.38. The molecule has 13 heavy (non-hydrogen) atoms. The Morgan fingerprint density at radius 1 is 1.46 bits per heavy atom. The molecule has 0 rings (SSSR count). The number of thioether (sulfide) groups is 1. The summed E-state index contributed by atoms with van der Waals surface area (Å²) in [5, 5.41) is 33.9. The number of rotatable bonds is 6. The van der Waals surface area contributed by atoms with Gasteiger partial charge in [0.05, 0.1) is 0 Å². The van der Waals surface area contributed by atoms with Crippen molar-refractivity contribution in [2.75, 3.05) is 11.5 Å². The van der Waals surface area contributed by atoms with Crippen molar-refractivity contribution in [2.24, 2.45) is 5.73 Å². The molecule has 1 atom stereocenters. The molecule has 78 valence electrons. The molecule has 0 saturated heterocycles. The van der Waals surface area contributed by atoms with Gasteiger partial charge in [-0.25, -0.2) is 0 Å². The first-order chi connectivity index (χ1) is 5.83. The van der Waals surface area contributed by atoms with Gasteiger partial charge in [-0.15, -0.1) is 0 Å². The van der Waals surface area contributed by atoms with Crippen molar-refractivity contribution in [3.63, 3.8) is 0 Å². The zero-order chi connectivity index (χ0) is 10.5. The van der Waals surface area contributed by atoms with E-state index in [9.17, 15) is 4.79 Å². The van der Waals surface area contributed by atoms with Crippen molar-refractivity contribution in [1.82, 2.24) is 0 Å². The Balaban J connectivity index is 3.41. The minimum absolute atomic E-state index is 0.182. The summed E-state index contributed by atoms with van der Waals surface area (Å²) >= 11 is 1.15. The third kappa shape index (κ3) is 8.07. The van der Waals surface area contributed by atoms with Crippen LogP contribution in [0.4, 0.5) is 0 Å². The molecule has 8 heteroatoms. The molecule has 0 spiro atoms. The maximum Gasteiger partial charge on any atom is 0.372 e. The molecule has 0 aromatic heterocycles. The van der Waals surface area contributed by atoms with Gasteiger partial charge in [-0.05, 0) is 5.75 Å². The molecule has 0 aliphatic rings. The molecule has 0 aromatic rings. The van der Waals surface area contributed by atoms with E-state index in [2.05, 4.69) is 0 Å². The van der Waals surface area contributed by atoms with Crippen molar-refractivity contribution in [2.45, 2.75) is 12.4 Å². The van der Waals surface area contributed by atoms with Crippen molar-refractivity contribution in [3.05, 3.63) is 0 Å². The van der Waals surface area contributed by atoms with Crippen LogP contribution in [-0.2, 0) is 4.79 Å². The highest BCUT2D eigenvalue weighted by Gasteiger charge is 2.15. The fourth-order valence-corrected chi connectivity index (χ4v) is 1.57. The lowest BCUT2D eigenvalue weighted by atomic mass is 9.77. The van der Waals surface area contributed by atoms with Crippen LogP contribution in [0, 0.1) is 0 Å². The summed E-state index contributed by atoms with van der Waals surface area (Å²) in [6.45, 7) is -3.26. The van der Waals surface area contributed by atoms with Crippen LogP contribution in [0.2, 0.25) is 6.32 Å². The molecule has 0 radical (unpaired) electrons. The summed E-state index contributed by atoms with van der Waals surface area (Å²) in [5.74, 6) is -0.660. The summed E-state index contributed by atoms with van der Waals surface area (Å²) in [6, 6.07) is -0.956. The number of carbonyl (C=O) groups is 1. The number of aliphatic carboxylic acids is 1. The first-order valence-corrected chi connectivity index (χ1v) is 4.87. The van der Waals surface area contributed by atoms with Gasteiger partial charge >= 0.3 is 12.7 Å². The van der Waals surface area contributed by atoms with Gasteiger partial charge in [0.2, 0.25) is 0 Å². The highest BCUT2D eigenvalue weighted by molar-refractivity contribution is 7.99. The lowest BCUT2D eigenvalue weighted by molar-refractivity contribution is -0.137. The monoisotopic (exact) mass is 210 g/mol. The van der Waals surface area contributed by atoms with Crippen molar-refractivity contribution >= 4 is 24.5 Å². The molecule has 0 unspecified atom stereocenters. The molecule has 0 fully saturated rings. The van der Waals surface area contributed by atoms with Crippen LogP contribution in [0.5, 0.6) is 0 Å². The second-order valence-electron chi connectivity index (χ2n) is 2.70. The molecule has 0 aromatic carbocycles. The van der Waals surface area contributed by atoms with Crippen LogP contribution in [0.1, 0.15) is 0 Å². The smallest absolute Gasteiger partial charge is 0.372 e. The van der Waals surface area contributed by atoms with E-state index in [1.807, 2.05) is 0 Å². The molecule has 0 saturated carbocycles. The predicted molar refractivity (Wildman–Crippen MR) is 50.2 cm³/mol. The van der Waals surface area contributed by atoms with E-state index in [1.54, 1.807) is 0 Å². The fraction of sp³-hybridized carbons (Fsp3) is 0.800. The van der Waals surface area contributed by atoms with Crippen LogP contribution >= 0.6 is 11.8 Å². The molecule has 0 heterocycles. The van der Waals surface area contributed by atoms with Gasteiger partial charge in [-0.2, -0.15) is 11.8 Å². The highest BCUT2D eigenvalue weighted by atomic mass is 32.2. The largest absolute Gasteiger partial charge is 0.560 e. The minimum atomic E-state index is -3.26. The quantitative estimate of drug-likeness (QED) is 0.255. The summed E-state index contributed by atoms with van der Waals surface area (Å²) in [6.07, 6.45) is -0.184. The Kier molecular flexibility index (Phi) is 5.34. The van der Waals surface area contributed by atoms with E-state index < -0.39 is 18.8 Å². The average Bonchev–Trinajstić information content (AvgIpc) is 1.95. The summed E-state index contributed by atoms with van der Waals surface area (Å²) in [4.78, 5) is 10.2. The van der Waals surface area contributed by atoms with E-state index in [1.165, 1.54) is 0 Å². The Bertz CT molecular complexity index is 173. The zero-order valence-electron chi connectivity index (χ0n) is 6.96. The van der Waals surface area contributed by atoms with E-state index in [0.29, 0.717) is 0 Å². The van der Waals surface area contributed by atoms with Crippen molar-refractivity contribution < 1.29 is 25.0 Å². The van der Waals surface area contributed by atoms with E-state index >= 15 is 0 Å². The standard InChI is InChI=1S/C5H13BNO5S/c7-4(5(8)9)3-13-2-1-6(10,11)12/h4,10-12H,1-3,7H2,(H,8,9)/q-1/t4-/m0/s1. The summed E-state index contributed by atoms with van der Waals surface area (Å²) in [5.41, 5.74) is 5.16. The molecule has 0 bridgehead atoms. The highest BCUT2D eigenvalue weighted by Crippen LogP contribution is 2.08. The van der Waals surface area contributed by atoms with Crippen LogP contribution in [0.15, 0.2) is 0 Å². The summed E-state index contributed by atoms with van der Waals surface area (Å²) < 4.78 is 0. The molecular weight excluding hydrogens is 197 g/mol. The molecule has 6 nitrogen and oxygen atoms in total. The number of carboxylic acid groups (broad SMARTS) is 1. The Morgan fingerprint density at radius 3 is 2.38 bits per heavy atom.